The van der Waals surface area contributed by atoms with Gasteiger partial charge in [0.15, 0.2) is 0 Å². The number of hydrogen-bond donors (Lipinski definition) is 1. The molecule has 1 amide bonds. The minimum Gasteiger partial charge on any atom is -0.480 e. The fourth-order valence-electron chi connectivity index (χ4n) is 3.21. The first kappa shape index (κ1) is 17.6. The molecule has 0 fully saturated rings. The lowest BCUT2D eigenvalue weighted by molar-refractivity contribution is -0.137. The van der Waals surface area contributed by atoms with Gasteiger partial charge in [0.1, 0.15) is 13.2 Å². The standard InChI is InChI=1S/C21H19NO4/c1-2-3-12-22(13-20(23)24)21(25)26-14-19-17-10-6-4-8-15(17)16-9-5-7-11-18(16)19/h4-11,19H,12-14H2,1H3,(H,23,24). The molecule has 5 heteroatoms. The number of ether oxygens (including phenoxy) is 1. The average molecular weight is 349 g/mol. The Hall–Kier alpha value is -3.26. The third kappa shape index (κ3) is 3.55. The zero-order valence-corrected chi connectivity index (χ0v) is 14.4. The summed E-state index contributed by atoms with van der Waals surface area (Å²) in [5.41, 5.74) is 4.51. The van der Waals surface area contributed by atoms with Gasteiger partial charge in [0.05, 0.1) is 6.54 Å². The Balaban J connectivity index is 1.77. The van der Waals surface area contributed by atoms with E-state index < -0.39 is 18.6 Å². The number of aliphatic carboxylic acids is 1. The van der Waals surface area contributed by atoms with Crippen molar-refractivity contribution in [2.75, 3.05) is 19.7 Å². The van der Waals surface area contributed by atoms with E-state index in [9.17, 15) is 9.59 Å². The molecule has 0 aromatic heterocycles. The van der Waals surface area contributed by atoms with Crippen LogP contribution in [0.15, 0.2) is 48.5 Å². The van der Waals surface area contributed by atoms with Gasteiger partial charge in [-0.15, -0.1) is 5.92 Å². The van der Waals surface area contributed by atoms with E-state index in [1.807, 2.05) is 36.4 Å². The van der Waals surface area contributed by atoms with Crippen LogP contribution in [-0.2, 0) is 9.53 Å². The molecule has 0 saturated heterocycles. The van der Waals surface area contributed by atoms with E-state index in [0.717, 1.165) is 27.2 Å². The molecule has 0 heterocycles. The Morgan fingerprint density at radius 2 is 1.65 bits per heavy atom. The summed E-state index contributed by atoms with van der Waals surface area (Å²) in [6.45, 7) is 1.38. The van der Waals surface area contributed by atoms with Crippen molar-refractivity contribution in [1.82, 2.24) is 4.90 Å². The molecule has 0 unspecified atom stereocenters. The van der Waals surface area contributed by atoms with Crippen molar-refractivity contribution >= 4 is 12.1 Å². The number of fused-ring (bicyclic) bond motifs is 3. The number of carboxylic acid groups (broad SMARTS) is 1. The smallest absolute Gasteiger partial charge is 0.411 e. The van der Waals surface area contributed by atoms with E-state index in [0.29, 0.717) is 0 Å². The first-order chi connectivity index (χ1) is 12.6. The molecule has 132 valence electrons. The zero-order valence-electron chi connectivity index (χ0n) is 14.4. The van der Waals surface area contributed by atoms with Crippen LogP contribution in [0.4, 0.5) is 4.79 Å². The summed E-state index contributed by atoms with van der Waals surface area (Å²) in [4.78, 5) is 24.4. The number of carbonyl (C=O) groups excluding carboxylic acids is 1. The summed E-state index contributed by atoms with van der Waals surface area (Å²) in [7, 11) is 0. The molecule has 1 aliphatic rings. The normalized spacial score (nSPS) is 11.7. The first-order valence-corrected chi connectivity index (χ1v) is 8.33. The molecule has 0 atom stereocenters. The molecule has 0 aliphatic heterocycles. The van der Waals surface area contributed by atoms with Gasteiger partial charge in [0.25, 0.3) is 0 Å². The number of rotatable bonds is 5. The Kier molecular flexibility index (Phi) is 5.23. The lowest BCUT2D eigenvalue weighted by Crippen LogP contribution is -2.37. The molecule has 2 aromatic carbocycles. The predicted octanol–water partition coefficient (Wildman–Crippen LogP) is 3.35. The van der Waals surface area contributed by atoms with Crippen LogP contribution in [0.3, 0.4) is 0 Å². The van der Waals surface area contributed by atoms with Crippen LogP contribution in [0, 0.1) is 11.8 Å². The van der Waals surface area contributed by atoms with Gasteiger partial charge in [-0.3, -0.25) is 9.69 Å². The fourth-order valence-corrected chi connectivity index (χ4v) is 3.21. The number of carbonyl (C=O) groups is 2. The summed E-state index contributed by atoms with van der Waals surface area (Å²) in [6, 6.07) is 16.1. The van der Waals surface area contributed by atoms with Crippen LogP contribution in [0.2, 0.25) is 0 Å². The highest BCUT2D eigenvalue weighted by molar-refractivity contribution is 5.79. The molecular weight excluding hydrogens is 330 g/mol. The highest BCUT2D eigenvalue weighted by Crippen LogP contribution is 2.44. The third-order valence-corrected chi connectivity index (χ3v) is 4.37. The highest BCUT2D eigenvalue weighted by Gasteiger charge is 2.29. The topological polar surface area (TPSA) is 66.8 Å². The van der Waals surface area contributed by atoms with E-state index in [1.165, 1.54) is 0 Å². The maximum absolute atomic E-state index is 12.3. The van der Waals surface area contributed by atoms with Crippen LogP contribution >= 0.6 is 0 Å². The second-order valence-corrected chi connectivity index (χ2v) is 5.98. The first-order valence-electron chi connectivity index (χ1n) is 8.33. The second-order valence-electron chi connectivity index (χ2n) is 5.98. The Morgan fingerprint density at radius 1 is 1.08 bits per heavy atom. The quantitative estimate of drug-likeness (QED) is 0.841. The van der Waals surface area contributed by atoms with E-state index in [1.54, 1.807) is 6.92 Å². The lowest BCUT2D eigenvalue weighted by atomic mass is 9.98. The van der Waals surface area contributed by atoms with Crippen LogP contribution in [0.5, 0.6) is 0 Å². The van der Waals surface area contributed by atoms with E-state index in [2.05, 4.69) is 24.0 Å². The van der Waals surface area contributed by atoms with E-state index >= 15 is 0 Å². The number of hydrogen-bond acceptors (Lipinski definition) is 3. The van der Waals surface area contributed by atoms with Crippen LogP contribution < -0.4 is 0 Å². The van der Waals surface area contributed by atoms with Gasteiger partial charge < -0.3 is 9.84 Å². The lowest BCUT2D eigenvalue weighted by Gasteiger charge is -2.20. The summed E-state index contributed by atoms with van der Waals surface area (Å²) in [5, 5.41) is 8.97. The third-order valence-electron chi connectivity index (χ3n) is 4.37. The van der Waals surface area contributed by atoms with Crippen molar-refractivity contribution in [2.24, 2.45) is 0 Å². The Morgan fingerprint density at radius 3 is 2.19 bits per heavy atom. The maximum atomic E-state index is 12.3. The van der Waals surface area contributed by atoms with Crippen molar-refractivity contribution in [3.8, 4) is 23.0 Å². The number of amides is 1. The van der Waals surface area contributed by atoms with Gasteiger partial charge in [-0.2, -0.15) is 0 Å². The van der Waals surface area contributed by atoms with Gasteiger partial charge in [-0.25, -0.2) is 4.79 Å². The molecule has 26 heavy (non-hydrogen) atoms. The number of benzene rings is 2. The Labute approximate surface area is 152 Å². The predicted molar refractivity (Wildman–Crippen MR) is 97.7 cm³/mol. The molecule has 5 nitrogen and oxygen atoms in total. The van der Waals surface area contributed by atoms with E-state index in [-0.39, 0.29) is 19.1 Å². The highest BCUT2D eigenvalue weighted by atomic mass is 16.6. The van der Waals surface area contributed by atoms with E-state index in [4.69, 9.17) is 9.84 Å². The molecule has 2 aromatic rings. The van der Waals surface area contributed by atoms with Crippen molar-refractivity contribution in [2.45, 2.75) is 12.8 Å². The van der Waals surface area contributed by atoms with Crippen molar-refractivity contribution < 1.29 is 19.4 Å². The number of carboxylic acids is 1. The summed E-state index contributed by atoms with van der Waals surface area (Å²) in [5.74, 6) is 4.20. The average Bonchev–Trinajstić information content (AvgIpc) is 2.97. The van der Waals surface area contributed by atoms with Gasteiger partial charge in [0.2, 0.25) is 0 Å². The monoisotopic (exact) mass is 349 g/mol. The molecular formula is C21H19NO4. The SMILES string of the molecule is CC#CCN(CC(=O)O)C(=O)OCC1c2ccccc2-c2ccccc21. The molecule has 1 aliphatic carbocycles. The van der Waals surface area contributed by atoms with Gasteiger partial charge in [-0.1, -0.05) is 54.5 Å². The molecule has 0 radical (unpaired) electrons. The second kappa shape index (κ2) is 7.75. The molecule has 0 saturated carbocycles. The van der Waals surface area contributed by atoms with Gasteiger partial charge in [-0.05, 0) is 29.2 Å². The van der Waals surface area contributed by atoms with Crippen molar-refractivity contribution in [3.63, 3.8) is 0 Å². The van der Waals surface area contributed by atoms with Crippen LogP contribution in [-0.4, -0.2) is 41.8 Å². The summed E-state index contributed by atoms with van der Waals surface area (Å²) in [6.07, 6.45) is -0.669. The molecule has 0 spiro atoms. The molecule has 0 bridgehead atoms. The fraction of sp³-hybridized carbons (Fsp3) is 0.238. The van der Waals surface area contributed by atoms with Crippen molar-refractivity contribution in [3.05, 3.63) is 59.7 Å². The largest absolute Gasteiger partial charge is 0.480 e. The maximum Gasteiger partial charge on any atom is 0.411 e. The zero-order chi connectivity index (χ0) is 18.5. The Bertz CT molecular complexity index is 849. The summed E-state index contributed by atoms with van der Waals surface area (Å²) < 4.78 is 5.46. The minimum atomic E-state index is -1.10. The van der Waals surface area contributed by atoms with Crippen molar-refractivity contribution in [1.29, 1.82) is 0 Å². The number of nitrogens with zero attached hydrogens (tertiary/aromatic N) is 1. The van der Waals surface area contributed by atoms with Gasteiger partial charge in [0, 0.05) is 5.92 Å². The summed E-state index contributed by atoms with van der Waals surface area (Å²) >= 11 is 0. The van der Waals surface area contributed by atoms with Crippen LogP contribution in [0.1, 0.15) is 24.0 Å². The van der Waals surface area contributed by atoms with Crippen LogP contribution in [0.25, 0.3) is 11.1 Å². The molecule has 1 N–H and O–H groups in total. The minimum absolute atomic E-state index is 0.0273. The molecule has 3 rings (SSSR count). The van der Waals surface area contributed by atoms with Gasteiger partial charge >= 0.3 is 12.1 Å².